The molecule has 41 heavy (non-hydrogen) atoms. The van der Waals surface area contributed by atoms with E-state index in [1.165, 1.54) is 0 Å². The molecule has 3 aromatic rings. The number of benzene rings is 2. The van der Waals surface area contributed by atoms with Crippen LogP contribution in [0.3, 0.4) is 0 Å². The smallest absolute Gasteiger partial charge is 0.422 e. The Hall–Kier alpha value is -3.95. The lowest BCUT2D eigenvalue weighted by atomic mass is 10.0. The number of nitrogens with one attached hydrogen (secondary N) is 2. The number of amides is 2. The lowest BCUT2D eigenvalue weighted by molar-refractivity contribution is 0.0106. The molecule has 2 aromatic carbocycles. The Labute approximate surface area is 242 Å². The van der Waals surface area contributed by atoms with Crippen molar-refractivity contribution in [2.75, 3.05) is 6.54 Å². The fraction of sp³-hybridized carbons (Fsp3) is 0.406. The quantitative estimate of drug-likeness (QED) is 0.280. The molecular weight excluding hydrogens is 520 g/mol. The van der Waals surface area contributed by atoms with Gasteiger partial charge in [-0.2, -0.15) is 0 Å². The largest absolute Gasteiger partial charge is 0.444 e. The lowest BCUT2D eigenvalue weighted by Crippen LogP contribution is -2.54. The van der Waals surface area contributed by atoms with Gasteiger partial charge in [-0.05, 0) is 71.2 Å². The molecule has 2 amide bonds. The van der Waals surface area contributed by atoms with E-state index in [-0.39, 0.29) is 13.1 Å². The van der Waals surface area contributed by atoms with E-state index in [1.54, 1.807) is 52.7 Å². The van der Waals surface area contributed by atoms with Gasteiger partial charge in [-0.1, -0.05) is 60.7 Å². The van der Waals surface area contributed by atoms with Gasteiger partial charge in [0.05, 0.1) is 17.8 Å². The SMILES string of the molecule is CC(C)(C)OC(=O)N[C@@H](Cc1ccccc1)[C@H](O)CN(Cc1ccc(-c2ccccn2)cc1)NC(=O)OC(C)(C)C. The molecule has 0 saturated heterocycles. The standard InChI is InChI=1S/C32H42N4O5/c1-31(2,3)40-29(38)34-27(20-23-12-8-7-9-13-23)28(37)22-36(35-30(39)41-32(4,5)6)21-24-15-17-25(18-16-24)26-14-10-11-19-33-26/h7-19,27-28,37H,20-22H2,1-6H3,(H,34,38)(H,35,39)/t27-,28+/m0/s1. The average Bonchev–Trinajstić information content (AvgIpc) is 2.87. The summed E-state index contributed by atoms with van der Waals surface area (Å²) in [7, 11) is 0. The fourth-order valence-corrected chi connectivity index (χ4v) is 4.08. The van der Waals surface area contributed by atoms with Crippen LogP contribution in [0.1, 0.15) is 52.7 Å². The summed E-state index contributed by atoms with van der Waals surface area (Å²) in [6, 6.07) is 22.4. The Kier molecular flexibility index (Phi) is 10.9. The molecule has 0 aliphatic carbocycles. The van der Waals surface area contributed by atoms with E-state index in [0.29, 0.717) is 6.42 Å². The monoisotopic (exact) mass is 562 g/mol. The normalized spacial score (nSPS) is 13.3. The molecule has 9 heteroatoms. The number of aromatic nitrogens is 1. The molecule has 0 unspecified atom stereocenters. The van der Waals surface area contributed by atoms with Crippen molar-refractivity contribution in [2.24, 2.45) is 0 Å². The molecule has 1 heterocycles. The summed E-state index contributed by atoms with van der Waals surface area (Å²) < 4.78 is 10.9. The number of ether oxygens (including phenoxy) is 2. The van der Waals surface area contributed by atoms with E-state index in [1.807, 2.05) is 72.8 Å². The zero-order chi connectivity index (χ0) is 30.0. The maximum atomic E-state index is 12.7. The first-order chi connectivity index (χ1) is 19.3. The van der Waals surface area contributed by atoms with Crippen LogP contribution in [-0.4, -0.2) is 57.2 Å². The number of hydrazine groups is 1. The molecule has 2 atom stereocenters. The summed E-state index contributed by atoms with van der Waals surface area (Å²) >= 11 is 0. The first-order valence-corrected chi connectivity index (χ1v) is 13.7. The maximum absolute atomic E-state index is 12.7. The Morgan fingerprint density at radius 3 is 2.02 bits per heavy atom. The maximum Gasteiger partial charge on any atom is 0.422 e. The van der Waals surface area contributed by atoms with Crippen molar-refractivity contribution in [2.45, 2.75) is 77.9 Å². The number of aliphatic hydroxyl groups is 1. The average molecular weight is 563 g/mol. The number of carbonyl (C=O) groups is 2. The van der Waals surface area contributed by atoms with Gasteiger partial charge < -0.3 is 19.9 Å². The van der Waals surface area contributed by atoms with Crippen LogP contribution >= 0.6 is 0 Å². The van der Waals surface area contributed by atoms with Gasteiger partial charge in [-0.25, -0.2) is 14.6 Å². The molecule has 0 bridgehead atoms. The molecule has 0 radical (unpaired) electrons. The first-order valence-electron chi connectivity index (χ1n) is 13.7. The van der Waals surface area contributed by atoms with Crippen molar-refractivity contribution in [1.29, 1.82) is 0 Å². The summed E-state index contributed by atoms with van der Waals surface area (Å²) in [5, 5.41) is 15.8. The third-order valence-corrected chi connectivity index (χ3v) is 5.81. The number of hydrogen-bond acceptors (Lipinski definition) is 7. The minimum atomic E-state index is -1.06. The van der Waals surface area contributed by atoms with Gasteiger partial charge >= 0.3 is 12.2 Å². The van der Waals surface area contributed by atoms with Crippen LogP contribution in [0.5, 0.6) is 0 Å². The predicted molar refractivity (Wildman–Crippen MR) is 159 cm³/mol. The van der Waals surface area contributed by atoms with Gasteiger partial charge in [0.25, 0.3) is 0 Å². The van der Waals surface area contributed by atoms with Gasteiger partial charge in [0, 0.05) is 24.8 Å². The van der Waals surface area contributed by atoms with Crippen LogP contribution in [0.2, 0.25) is 0 Å². The van der Waals surface area contributed by atoms with Crippen LogP contribution in [0.15, 0.2) is 79.0 Å². The highest BCUT2D eigenvalue weighted by molar-refractivity contribution is 5.68. The second kappa shape index (κ2) is 14.1. The van der Waals surface area contributed by atoms with Crippen LogP contribution in [0, 0.1) is 0 Å². The summed E-state index contributed by atoms with van der Waals surface area (Å²) in [5.74, 6) is 0. The van der Waals surface area contributed by atoms with E-state index in [4.69, 9.17) is 9.47 Å². The third-order valence-electron chi connectivity index (χ3n) is 5.81. The molecule has 220 valence electrons. The number of alkyl carbamates (subject to hydrolysis) is 1. The van der Waals surface area contributed by atoms with Crippen molar-refractivity contribution >= 4 is 12.2 Å². The van der Waals surface area contributed by atoms with E-state index >= 15 is 0 Å². The molecule has 0 fully saturated rings. The van der Waals surface area contributed by atoms with Gasteiger partial charge in [-0.3, -0.25) is 10.4 Å². The number of carbonyl (C=O) groups excluding carboxylic acids is 2. The van der Waals surface area contributed by atoms with Crippen molar-refractivity contribution in [3.63, 3.8) is 0 Å². The Morgan fingerprint density at radius 2 is 1.44 bits per heavy atom. The summed E-state index contributed by atoms with van der Waals surface area (Å²) in [6.45, 7) is 11.0. The predicted octanol–water partition coefficient (Wildman–Crippen LogP) is 5.49. The van der Waals surface area contributed by atoms with E-state index < -0.39 is 35.5 Å². The molecule has 1 aromatic heterocycles. The summed E-state index contributed by atoms with van der Waals surface area (Å²) in [6.07, 6.45) is -0.233. The van der Waals surface area contributed by atoms with Gasteiger partial charge in [-0.15, -0.1) is 0 Å². The zero-order valence-corrected chi connectivity index (χ0v) is 24.8. The van der Waals surface area contributed by atoms with Crippen LogP contribution in [0.25, 0.3) is 11.3 Å². The molecular formula is C32H42N4O5. The summed E-state index contributed by atoms with van der Waals surface area (Å²) in [4.78, 5) is 29.8. The van der Waals surface area contributed by atoms with E-state index in [9.17, 15) is 14.7 Å². The number of aliphatic hydroxyl groups excluding tert-OH is 1. The number of nitrogens with zero attached hydrogens (tertiary/aromatic N) is 2. The second-order valence-electron chi connectivity index (χ2n) is 11.9. The zero-order valence-electron chi connectivity index (χ0n) is 24.8. The minimum absolute atomic E-state index is 0.00847. The van der Waals surface area contributed by atoms with Crippen LogP contribution in [0.4, 0.5) is 9.59 Å². The van der Waals surface area contributed by atoms with Crippen molar-refractivity contribution in [1.82, 2.24) is 20.7 Å². The van der Waals surface area contributed by atoms with Gasteiger partial charge in [0.1, 0.15) is 11.2 Å². The minimum Gasteiger partial charge on any atom is -0.444 e. The molecule has 0 aliphatic rings. The van der Waals surface area contributed by atoms with E-state index in [0.717, 1.165) is 22.4 Å². The lowest BCUT2D eigenvalue weighted by Gasteiger charge is -2.31. The van der Waals surface area contributed by atoms with Crippen LogP contribution < -0.4 is 10.7 Å². The highest BCUT2D eigenvalue weighted by Crippen LogP contribution is 2.18. The Bertz CT molecular complexity index is 1240. The van der Waals surface area contributed by atoms with Crippen molar-refractivity contribution in [3.05, 3.63) is 90.1 Å². The Morgan fingerprint density at radius 1 is 0.829 bits per heavy atom. The highest BCUT2D eigenvalue weighted by atomic mass is 16.6. The molecule has 0 aliphatic heterocycles. The number of rotatable bonds is 10. The first kappa shape index (κ1) is 31.6. The van der Waals surface area contributed by atoms with Gasteiger partial charge in [0.2, 0.25) is 0 Å². The molecule has 0 saturated carbocycles. The number of pyridine rings is 1. The molecule has 3 rings (SSSR count). The number of hydrogen-bond donors (Lipinski definition) is 3. The topological polar surface area (TPSA) is 113 Å². The molecule has 9 nitrogen and oxygen atoms in total. The molecule has 3 N–H and O–H groups in total. The summed E-state index contributed by atoms with van der Waals surface area (Å²) in [5.41, 5.74) is 5.02. The highest BCUT2D eigenvalue weighted by Gasteiger charge is 2.28. The Balaban J connectivity index is 1.80. The molecule has 0 spiro atoms. The van der Waals surface area contributed by atoms with Crippen molar-refractivity contribution < 1.29 is 24.2 Å². The van der Waals surface area contributed by atoms with Gasteiger partial charge in [0.15, 0.2) is 0 Å². The fourth-order valence-electron chi connectivity index (χ4n) is 4.08. The van der Waals surface area contributed by atoms with Crippen molar-refractivity contribution in [3.8, 4) is 11.3 Å². The second-order valence-corrected chi connectivity index (χ2v) is 11.9. The van der Waals surface area contributed by atoms with Crippen LogP contribution in [-0.2, 0) is 22.4 Å². The van der Waals surface area contributed by atoms with E-state index in [2.05, 4.69) is 15.7 Å². The third kappa shape index (κ3) is 11.6.